The Morgan fingerprint density at radius 2 is 2.00 bits per heavy atom. The Labute approximate surface area is 86.8 Å². The third-order valence-corrected chi connectivity index (χ3v) is 2.13. The summed E-state index contributed by atoms with van der Waals surface area (Å²) in [6, 6.07) is 0. The molecule has 14 heavy (non-hydrogen) atoms. The molecule has 0 spiro atoms. The SMILES string of the molecule is CCCCC[C@@H](C)C(=O)OCOCC. The van der Waals surface area contributed by atoms with Crippen molar-refractivity contribution in [2.24, 2.45) is 5.92 Å². The molecule has 3 heteroatoms. The Hall–Kier alpha value is -0.570. The maximum Gasteiger partial charge on any atom is 0.310 e. The van der Waals surface area contributed by atoms with E-state index in [1.54, 1.807) is 0 Å². The lowest BCUT2D eigenvalue weighted by Gasteiger charge is -2.10. The Bertz CT molecular complexity index is 145. The molecule has 3 nitrogen and oxygen atoms in total. The zero-order valence-corrected chi connectivity index (χ0v) is 9.54. The van der Waals surface area contributed by atoms with E-state index >= 15 is 0 Å². The maximum atomic E-state index is 11.3. The van der Waals surface area contributed by atoms with Gasteiger partial charge in [0, 0.05) is 6.61 Å². The van der Waals surface area contributed by atoms with Crippen LogP contribution in [0, 0.1) is 5.92 Å². The minimum atomic E-state index is -0.144. The molecule has 0 aliphatic heterocycles. The van der Waals surface area contributed by atoms with Crippen LogP contribution in [-0.4, -0.2) is 19.4 Å². The summed E-state index contributed by atoms with van der Waals surface area (Å²) in [5.41, 5.74) is 0. The van der Waals surface area contributed by atoms with Gasteiger partial charge in [0.15, 0.2) is 6.79 Å². The van der Waals surface area contributed by atoms with Gasteiger partial charge in [-0.2, -0.15) is 0 Å². The highest BCUT2D eigenvalue weighted by Gasteiger charge is 2.13. The third-order valence-electron chi connectivity index (χ3n) is 2.13. The number of hydrogen-bond donors (Lipinski definition) is 0. The zero-order chi connectivity index (χ0) is 10.8. The second-order valence-corrected chi connectivity index (χ2v) is 3.47. The number of ether oxygens (including phenoxy) is 2. The van der Waals surface area contributed by atoms with E-state index in [2.05, 4.69) is 6.92 Å². The monoisotopic (exact) mass is 202 g/mol. The van der Waals surface area contributed by atoms with Crippen LogP contribution in [0.1, 0.15) is 46.5 Å². The van der Waals surface area contributed by atoms with E-state index < -0.39 is 0 Å². The summed E-state index contributed by atoms with van der Waals surface area (Å²) < 4.78 is 9.85. The van der Waals surface area contributed by atoms with Crippen molar-refractivity contribution >= 4 is 5.97 Å². The van der Waals surface area contributed by atoms with Gasteiger partial charge in [0.05, 0.1) is 5.92 Å². The summed E-state index contributed by atoms with van der Waals surface area (Å²) in [6.07, 6.45) is 4.38. The van der Waals surface area contributed by atoms with Crippen molar-refractivity contribution in [3.05, 3.63) is 0 Å². The molecule has 0 aromatic carbocycles. The van der Waals surface area contributed by atoms with Crippen LogP contribution in [0.25, 0.3) is 0 Å². The first-order valence-corrected chi connectivity index (χ1v) is 5.46. The van der Waals surface area contributed by atoms with Gasteiger partial charge in [-0.15, -0.1) is 0 Å². The normalized spacial score (nSPS) is 12.5. The van der Waals surface area contributed by atoms with Gasteiger partial charge in [-0.1, -0.05) is 33.1 Å². The molecule has 84 valence electrons. The van der Waals surface area contributed by atoms with Crippen LogP contribution in [0.4, 0.5) is 0 Å². The highest BCUT2D eigenvalue weighted by Crippen LogP contribution is 2.10. The van der Waals surface area contributed by atoms with Gasteiger partial charge in [-0.05, 0) is 13.3 Å². The summed E-state index contributed by atoms with van der Waals surface area (Å²) in [6.45, 7) is 6.60. The van der Waals surface area contributed by atoms with E-state index in [9.17, 15) is 4.79 Å². The first-order valence-electron chi connectivity index (χ1n) is 5.46. The van der Waals surface area contributed by atoms with E-state index in [1.165, 1.54) is 12.8 Å². The molecule has 0 aliphatic rings. The smallest absolute Gasteiger partial charge is 0.310 e. The van der Waals surface area contributed by atoms with Gasteiger partial charge < -0.3 is 9.47 Å². The van der Waals surface area contributed by atoms with Crippen molar-refractivity contribution in [3.63, 3.8) is 0 Å². The summed E-state index contributed by atoms with van der Waals surface area (Å²) in [5, 5.41) is 0. The van der Waals surface area contributed by atoms with Crippen molar-refractivity contribution in [1.82, 2.24) is 0 Å². The molecule has 0 amide bonds. The molecule has 0 fully saturated rings. The summed E-state index contributed by atoms with van der Waals surface area (Å²) >= 11 is 0. The average Bonchev–Trinajstić information content (AvgIpc) is 2.18. The van der Waals surface area contributed by atoms with E-state index in [0.717, 1.165) is 12.8 Å². The molecular weight excluding hydrogens is 180 g/mol. The predicted octanol–water partition coefficient (Wildman–Crippen LogP) is 2.74. The molecule has 0 N–H and O–H groups in total. The molecule has 0 saturated carbocycles. The molecule has 0 aromatic rings. The standard InChI is InChI=1S/C11H22O3/c1-4-6-7-8-10(3)11(12)14-9-13-5-2/h10H,4-9H2,1-3H3/t10-/m1/s1. The fraction of sp³-hybridized carbons (Fsp3) is 0.909. The molecule has 0 saturated heterocycles. The topological polar surface area (TPSA) is 35.5 Å². The van der Waals surface area contributed by atoms with Crippen LogP contribution < -0.4 is 0 Å². The van der Waals surface area contributed by atoms with Crippen LogP contribution in [0.15, 0.2) is 0 Å². The molecule has 0 radical (unpaired) electrons. The van der Waals surface area contributed by atoms with Gasteiger partial charge in [-0.25, -0.2) is 0 Å². The predicted molar refractivity (Wildman–Crippen MR) is 55.9 cm³/mol. The van der Waals surface area contributed by atoms with E-state index in [1.807, 2.05) is 13.8 Å². The van der Waals surface area contributed by atoms with Gasteiger partial charge in [0.1, 0.15) is 0 Å². The zero-order valence-electron chi connectivity index (χ0n) is 9.54. The lowest BCUT2D eigenvalue weighted by Crippen LogP contribution is -2.16. The largest absolute Gasteiger partial charge is 0.438 e. The Balaban J connectivity index is 3.44. The number of rotatable bonds is 8. The lowest BCUT2D eigenvalue weighted by atomic mass is 10.0. The second kappa shape index (κ2) is 9.00. The van der Waals surface area contributed by atoms with Gasteiger partial charge in [0.2, 0.25) is 0 Å². The number of hydrogen-bond acceptors (Lipinski definition) is 3. The second-order valence-electron chi connectivity index (χ2n) is 3.47. The summed E-state index contributed by atoms with van der Waals surface area (Å²) in [7, 11) is 0. The molecule has 1 atom stereocenters. The Morgan fingerprint density at radius 3 is 2.57 bits per heavy atom. The van der Waals surface area contributed by atoms with Crippen LogP contribution in [0.2, 0.25) is 0 Å². The quantitative estimate of drug-likeness (QED) is 0.345. The van der Waals surface area contributed by atoms with Crippen LogP contribution in [0.5, 0.6) is 0 Å². The maximum absolute atomic E-state index is 11.3. The minimum absolute atomic E-state index is 0.00186. The molecule has 0 unspecified atom stereocenters. The van der Waals surface area contributed by atoms with Gasteiger partial charge in [0.25, 0.3) is 0 Å². The third kappa shape index (κ3) is 6.89. The molecule has 0 rings (SSSR count). The molecule has 0 aliphatic carbocycles. The average molecular weight is 202 g/mol. The first-order chi connectivity index (χ1) is 6.72. The highest BCUT2D eigenvalue weighted by atomic mass is 16.7. The van der Waals surface area contributed by atoms with Crippen molar-refractivity contribution in [1.29, 1.82) is 0 Å². The van der Waals surface area contributed by atoms with E-state index in [-0.39, 0.29) is 18.7 Å². The fourth-order valence-corrected chi connectivity index (χ4v) is 1.14. The Morgan fingerprint density at radius 1 is 1.29 bits per heavy atom. The number of carbonyl (C=O) groups excluding carboxylic acids is 1. The van der Waals surface area contributed by atoms with Crippen molar-refractivity contribution in [2.45, 2.75) is 46.5 Å². The van der Waals surface area contributed by atoms with Gasteiger partial charge in [-0.3, -0.25) is 4.79 Å². The lowest BCUT2D eigenvalue weighted by molar-refractivity contribution is -0.160. The van der Waals surface area contributed by atoms with Crippen molar-refractivity contribution in [3.8, 4) is 0 Å². The van der Waals surface area contributed by atoms with Crippen LogP contribution in [-0.2, 0) is 14.3 Å². The van der Waals surface area contributed by atoms with Crippen LogP contribution in [0.3, 0.4) is 0 Å². The van der Waals surface area contributed by atoms with Gasteiger partial charge >= 0.3 is 5.97 Å². The number of carbonyl (C=O) groups is 1. The minimum Gasteiger partial charge on any atom is -0.438 e. The van der Waals surface area contributed by atoms with Crippen molar-refractivity contribution < 1.29 is 14.3 Å². The summed E-state index contributed by atoms with van der Waals surface area (Å²) in [5.74, 6) is -0.142. The number of esters is 1. The van der Waals surface area contributed by atoms with E-state index in [4.69, 9.17) is 9.47 Å². The molecular formula is C11H22O3. The highest BCUT2D eigenvalue weighted by molar-refractivity contribution is 5.71. The molecule has 0 heterocycles. The first kappa shape index (κ1) is 13.4. The molecule has 0 bridgehead atoms. The summed E-state index contributed by atoms with van der Waals surface area (Å²) in [4.78, 5) is 11.3. The number of unbranched alkanes of at least 4 members (excludes halogenated alkanes) is 2. The molecule has 0 aromatic heterocycles. The van der Waals surface area contributed by atoms with Crippen LogP contribution >= 0.6 is 0 Å². The van der Waals surface area contributed by atoms with E-state index in [0.29, 0.717) is 6.61 Å². The fourth-order valence-electron chi connectivity index (χ4n) is 1.14. The van der Waals surface area contributed by atoms with Crippen molar-refractivity contribution in [2.75, 3.05) is 13.4 Å². The Kier molecular flexibility index (Phi) is 8.64.